The topological polar surface area (TPSA) is 69.3 Å². The van der Waals surface area contributed by atoms with Crippen molar-refractivity contribution in [3.8, 4) is 0 Å². The van der Waals surface area contributed by atoms with Crippen LogP contribution in [0.15, 0.2) is 40.4 Å². The Labute approximate surface area is 121 Å². The molecule has 1 N–H and O–H groups in total. The third-order valence-corrected chi connectivity index (χ3v) is 3.55. The zero-order valence-electron chi connectivity index (χ0n) is 11.2. The summed E-state index contributed by atoms with van der Waals surface area (Å²) in [4.78, 5) is 15.8. The van der Waals surface area contributed by atoms with Gasteiger partial charge < -0.3 is 19.0 Å². The standard InChI is InChI=1S/C13H17N3O3S/c1-18-8-5-14-12(17)10-20-13-15-4-6-16(13)9-11-3-2-7-19-11/h2-4,6-7H,5,8-10H2,1H3,(H,14,17). The van der Waals surface area contributed by atoms with E-state index < -0.39 is 0 Å². The number of hydrogen-bond acceptors (Lipinski definition) is 5. The minimum atomic E-state index is -0.0281. The second kappa shape index (κ2) is 7.76. The summed E-state index contributed by atoms with van der Waals surface area (Å²) in [6.07, 6.45) is 5.23. The van der Waals surface area contributed by atoms with Crippen LogP contribution in [0.5, 0.6) is 0 Å². The lowest BCUT2D eigenvalue weighted by Crippen LogP contribution is -2.28. The van der Waals surface area contributed by atoms with Crippen LogP contribution >= 0.6 is 11.8 Å². The zero-order valence-corrected chi connectivity index (χ0v) is 12.1. The number of methoxy groups -OCH3 is 1. The number of hydrogen-bond donors (Lipinski definition) is 1. The van der Waals surface area contributed by atoms with Crippen LogP contribution in [-0.4, -0.2) is 41.5 Å². The van der Waals surface area contributed by atoms with E-state index >= 15 is 0 Å². The second-order valence-corrected chi connectivity index (χ2v) is 4.99. The Hall–Kier alpha value is -1.73. The van der Waals surface area contributed by atoms with E-state index in [0.29, 0.717) is 25.4 Å². The summed E-state index contributed by atoms with van der Waals surface area (Å²) in [5.41, 5.74) is 0. The first-order valence-electron chi connectivity index (χ1n) is 6.21. The minimum absolute atomic E-state index is 0.0281. The molecular formula is C13H17N3O3S. The smallest absolute Gasteiger partial charge is 0.230 e. The third-order valence-electron chi connectivity index (χ3n) is 2.54. The van der Waals surface area contributed by atoms with Gasteiger partial charge in [-0.3, -0.25) is 4.79 Å². The molecule has 0 atom stereocenters. The fourth-order valence-electron chi connectivity index (χ4n) is 1.60. The molecule has 6 nitrogen and oxygen atoms in total. The van der Waals surface area contributed by atoms with Crippen molar-refractivity contribution >= 4 is 17.7 Å². The molecule has 7 heteroatoms. The van der Waals surface area contributed by atoms with Gasteiger partial charge in [-0.25, -0.2) is 4.98 Å². The van der Waals surface area contributed by atoms with E-state index in [1.807, 2.05) is 22.9 Å². The van der Waals surface area contributed by atoms with Crippen molar-refractivity contribution in [3.63, 3.8) is 0 Å². The van der Waals surface area contributed by atoms with Gasteiger partial charge in [-0.15, -0.1) is 0 Å². The maximum atomic E-state index is 11.6. The Morgan fingerprint density at radius 3 is 3.25 bits per heavy atom. The van der Waals surface area contributed by atoms with Gasteiger partial charge in [0.25, 0.3) is 0 Å². The van der Waals surface area contributed by atoms with Crippen LogP contribution in [0.3, 0.4) is 0 Å². The molecule has 2 heterocycles. The zero-order chi connectivity index (χ0) is 14.2. The average Bonchev–Trinajstić information content (AvgIpc) is 3.09. The average molecular weight is 295 g/mol. The SMILES string of the molecule is COCCNC(=O)CSc1nccn1Cc1ccco1. The molecule has 0 unspecified atom stereocenters. The number of amides is 1. The number of imidazole rings is 1. The highest BCUT2D eigenvalue weighted by atomic mass is 32.2. The second-order valence-electron chi connectivity index (χ2n) is 4.05. The number of carbonyl (C=O) groups is 1. The van der Waals surface area contributed by atoms with Crippen molar-refractivity contribution < 1.29 is 13.9 Å². The molecule has 20 heavy (non-hydrogen) atoms. The number of nitrogens with zero attached hydrogens (tertiary/aromatic N) is 2. The number of ether oxygens (including phenoxy) is 1. The molecule has 1 amide bonds. The van der Waals surface area contributed by atoms with Crippen LogP contribution in [0.4, 0.5) is 0 Å². The summed E-state index contributed by atoms with van der Waals surface area (Å²) < 4.78 is 12.1. The Morgan fingerprint density at radius 2 is 2.50 bits per heavy atom. The number of rotatable bonds is 8. The molecule has 108 valence electrons. The van der Waals surface area contributed by atoms with Crippen LogP contribution in [0.25, 0.3) is 0 Å². The van der Waals surface area contributed by atoms with Gasteiger partial charge in [0.15, 0.2) is 5.16 Å². The van der Waals surface area contributed by atoms with Crippen molar-refractivity contribution in [1.82, 2.24) is 14.9 Å². The number of carbonyl (C=O) groups excluding carboxylic acids is 1. The highest BCUT2D eigenvalue weighted by Gasteiger charge is 2.08. The normalized spacial score (nSPS) is 10.7. The monoisotopic (exact) mass is 295 g/mol. The number of thioether (sulfide) groups is 1. The molecule has 0 spiro atoms. The Bertz CT molecular complexity index is 525. The van der Waals surface area contributed by atoms with E-state index in [9.17, 15) is 4.79 Å². The van der Waals surface area contributed by atoms with E-state index in [1.165, 1.54) is 11.8 Å². The first-order valence-corrected chi connectivity index (χ1v) is 7.20. The number of nitrogens with one attached hydrogen (secondary N) is 1. The van der Waals surface area contributed by atoms with E-state index in [1.54, 1.807) is 19.6 Å². The third kappa shape index (κ3) is 4.43. The van der Waals surface area contributed by atoms with Crippen LogP contribution < -0.4 is 5.32 Å². The molecule has 0 radical (unpaired) electrons. The van der Waals surface area contributed by atoms with Gasteiger partial charge in [0.2, 0.25) is 5.91 Å². The van der Waals surface area contributed by atoms with Crippen LogP contribution in [0, 0.1) is 0 Å². The van der Waals surface area contributed by atoms with Crippen molar-refractivity contribution in [2.24, 2.45) is 0 Å². The van der Waals surface area contributed by atoms with Crippen molar-refractivity contribution in [2.75, 3.05) is 26.0 Å². The maximum absolute atomic E-state index is 11.6. The largest absolute Gasteiger partial charge is 0.467 e. The Morgan fingerprint density at radius 1 is 1.60 bits per heavy atom. The fraction of sp³-hybridized carbons (Fsp3) is 0.385. The first-order chi connectivity index (χ1) is 9.79. The van der Waals surface area contributed by atoms with Crippen LogP contribution in [0.1, 0.15) is 5.76 Å². The Kier molecular flexibility index (Phi) is 5.69. The lowest BCUT2D eigenvalue weighted by atomic mass is 10.4. The van der Waals surface area contributed by atoms with Gasteiger partial charge in [-0.05, 0) is 12.1 Å². The number of aromatic nitrogens is 2. The minimum Gasteiger partial charge on any atom is -0.467 e. The highest BCUT2D eigenvalue weighted by molar-refractivity contribution is 7.99. The van der Waals surface area contributed by atoms with E-state index in [2.05, 4.69) is 10.3 Å². The van der Waals surface area contributed by atoms with Gasteiger partial charge in [0.1, 0.15) is 5.76 Å². The van der Waals surface area contributed by atoms with Crippen molar-refractivity contribution in [2.45, 2.75) is 11.7 Å². The summed E-state index contributed by atoms with van der Waals surface area (Å²) in [7, 11) is 1.60. The summed E-state index contributed by atoms with van der Waals surface area (Å²) >= 11 is 1.40. The summed E-state index contributed by atoms with van der Waals surface area (Å²) in [6.45, 7) is 1.65. The van der Waals surface area contributed by atoms with Gasteiger partial charge >= 0.3 is 0 Å². The van der Waals surface area contributed by atoms with Crippen molar-refractivity contribution in [3.05, 3.63) is 36.5 Å². The summed E-state index contributed by atoms with van der Waals surface area (Å²) in [6, 6.07) is 3.76. The molecule has 2 aromatic heterocycles. The molecule has 2 rings (SSSR count). The molecule has 2 aromatic rings. The molecule has 0 saturated carbocycles. The molecule has 0 fully saturated rings. The van der Waals surface area contributed by atoms with E-state index in [4.69, 9.17) is 9.15 Å². The quantitative estimate of drug-likeness (QED) is 0.588. The highest BCUT2D eigenvalue weighted by Crippen LogP contribution is 2.17. The predicted molar refractivity (Wildman–Crippen MR) is 75.6 cm³/mol. The maximum Gasteiger partial charge on any atom is 0.230 e. The first kappa shape index (κ1) is 14.7. The molecular weight excluding hydrogens is 278 g/mol. The predicted octanol–water partition coefficient (Wildman–Crippen LogP) is 1.38. The van der Waals surface area contributed by atoms with Gasteiger partial charge in [-0.1, -0.05) is 11.8 Å². The van der Waals surface area contributed by atoms with Crippen LogP contribution in [0.2, 0.25) is 0 Å². The van der Waals surface area contributed by atoms with Gasteiger partial charge in [0, 0.05) is 26.0 Å². The van der Waals surface area contributed by atoms with E-state index in [0.717, 1.165) is 10.9 Å². The van der Waals surface area contributed by atoms with E-state index in [-0.39, 0.29) is 5.91 Å². The molecule has 0 saturated heterocycles. The Balaban J connectivity index is 1.81. The molecule has 0 aromatic carbocycles. The molecule has 0 aliphatic heterocycles. The lowest BCUT2D eigenvalue weighted by Gasteiger charge is -2.06. The molecule has 0 aliphatic carbocycles. The van der Waals surface area contributed by atoms with Crippen LogP contribution in [-0.2, 0) is 16.1 Å². The summed E-state index contributed by atoms with van der Waals surface area (Å²) in [5.74, 6) is 1.16. The summed E-state index contributed by atoms with van der Waals surface area (Å²) in [5, 5.41) is 3.57. The lowest BCUT2D eigenvalue weighted by molar-refractivity contribution is -0.118. The fourth-order valence-corrected chi connectivity index (χ4v) is 2.39. The van der Waals surface area contributed by atoms with Gasteiger partial charge in [-0.2, -0.15) is 0 Å². The number of furan rings is 1. The molecule has 0 bridgehead atoms. The van der Waals surface area contributed by atoms with Crippen molar-refractivity contribution in [1.29, 1.82) is 0 Å². The van der Waals surface area contributed by atoms with Gasteiger partial charge in [0.05, 0.1) is 25.2 Å². The molecule has 0 aliphatic rings.